The highest BCUT2D eigenvalue weighted by molar-refractivity contribution is 5.70. The lowest BCUT2D eigenvalue weighted by atomic mass is 9.86. The van der Waals surface area contributed by atoms with Gasteiger partial charge in [0.2, 0.25) is 0 Å². The molecule has 2 aromatic heterocycles. The normalized spacial score (nSPS) is 20.2. The first kappa shape index (κ1) is 16.6. The van der Waals surface area contributed by atoms with Crippen LogP contribution in [0, 0.1) is 5.92 Å². The molecule has 1 aliphatic carbocycles. The van der Waals surface area contributed by atoms with Crippen LogP contribution in [0.5, 0.6) is 0 Å². The second-order valence-corrected chi connectivity index (χ2v) is 6.86. The van der Waals surface area contributed by atoms with Crippen molar-refractivity contribution in [3.63, 3.8) is 0 Å². The van der Waals surface area contributed by atoms with Crippen LogP contribution in [0.1, 0.15) is 37.3 Å². The van der Waals surface area contributed by atoms with Gasteiger partial charge in [-0.3, -0.25) is 9.48 Å². The summed E-state index contributed by atoms with van der Waals surface area (Å²) < 4.78 is 4.13. The summed E-state index contributed by atoms with van der Waals surface area (Å²) in [7, 11) is 0. The monoisotopic (exact) mass is 350 g/mol. The molecular formula is C20H22N4O2. The van der Waals surface area contributed by atoms with Crippen molar-refractivity contribution in [1.82, 2.24) is 19.3 Å². The third-order valence-electron chi connectivity index (χ3n) is 5.26. The Morgan fingerprint density at radius 1 is 1.08 bits per heavy atom. The molecule has 0 unspecified atom stereocenters. The highest BCUT2D eigenvalue weighted by atomic mass is 16.4. The van der Waals surface area contributed by atoms with Crippen LogP contribution in [-0.4, -0.2) is 30.4 Å². The Balaban J connectivity index is 1.61. The molecule has 1 fully saturated rings. The summed E-state index contributed by atoms with van der Waals surface area (Å²) in [6.45, 7) is 0.696. The molecule has 0 atom stereocenters. The molecule has 6 nitrogen and oxygen atoms in total. The summed E-state index contributed by atoms with van der Waals surface area (Å²) in [6.07, 6.45) is 10.8. The smallest absolute Gasteiger partial charge is 0.306 e. The maximum atomic E-state index is 11.2. The van der Waals surface area contributed by atoms with E-state index < -0.39 is 5.97 Å². The Kier molecular flexibility index (Phi) is 4.56. The van der Waals surface area contributed by atoms with Crippen molar-refractivity contribution >= 4 is 5.97 Å². The molecule has 1 N–H and O–H groups in total. The Hall–Kier alpha value is -2.89. The Morgan fingerprint density at radius 3 is 2.62 bits per heavy atom. The van der Waals surface area contributed by atoms with Gasteiger partial charge in [0, 0.05) is 36.4 Å². The predicted molar refractivity (Wildman–Crippen MR) is 97.6 cm³/mol. The predicted octanol–water partition coefficient (Wildman–Crippen LogP) is 3.61. The van der Waals surface area contributed by atoms with Gasteiger partial charge in [-0.2, -0.15) is 5.10 Å². The molecule has 4 rings (SSSR count). The minimum Gasteiger partial charge on any atom is -0.481 e. The number of benzene rings is 1. The van der Waals surface area contributed by atoms with Crippen LogP contribution in [0.15, 0.2) is 55.1 Å². The average Bonchev–Trinajstić information content (AvgIpc) is 3.34. The lowest BCUT2D eigenvalue weighted by Gasteiger charge is -2.28. The first-order valence-corrected chi connectivity index (χ1v) is 9.03. The van der Waals surface area contributed by atoms with E-state index in [9.17, 15) is 9.90 Å². The van der Waals surface area contributed by atoms with Gasteiger partial charge in [0.25, 0.3) is 0 Å². The fourth-order valence-electron chi connectivity index (χ4n) is 3.86. The molecular weight excluding hydrogens is 328 g/mol. The van der Waals surface area contributed by atoms with E-state index in [4.69, 9.17) is 0 Å². The van der Waals surface area contributed by atoms with Gasteiger partial charge in [0.05, 0.1) is 12.5 Å². The molecule has 0 aliphatic heterocycles. The van der Waals surface area contributed by atoms with Crippen LogP contribution in [0.25, 0.3) is 11.4 Å². The van der Waals surface area contributed by atoms with E-state index in [1.807, 2.05) is 41.5 Å². The summed E-state index contributed by atoms with van der Waals surface area (Å²) in [5, 5.41) is 13.5. The van der Waals surface area contributed by atoms with Crippen LogP contribution >= 0.6 is 0 Å². The summed E-state index contributed by atoms with van der Waals surface area (Å²) in [5.74, 6) is 0.0794. The van der Waals surface area contributed by atoms with Gasteiger partial charge in [-0.05, 0) is 37.3 Å². The van der Waals surface area contributed by atoms with Gasteiger partial charge in [-0.25, -0.2) is 4.98 Å². The number of nitrogens with zero attached hydrogens (tertiary/aromatic N) is 4. The molecule has 1 aromatic carbocycles. The van der Waals surface area contributed by atoms with E-state index >= 15 is 0 Å². The maximum Gasteiger partial charge on any atom is 0.306 e. The fourth-order valence-corrected chi connectivity index (χ4v) is 3.86. The molecule has 0 radical (unpaired) electrons. The topological polar surface area (TPSA) is 72.9 Å². The Bertz CT molecular complexity index is 877. The van der Waals surface area contributed by atoms with Crippen molar-refractivity contribution < 1.29 is 9.90 Å². The van der Waals surface area contributed by atoms with Crippen LogP contribution in [0.3, 0.4) is 0 Å². The Morgan fingerprint density at radius 2 is 1.88 bits per heavy atom. The third-order valence-corrected chi connectivity index (χ3v) is 5.26. The maximum absolute atomic E-state index is 11.2. The minimum atomic E-state index is -0.668. The van der Waals surface area contributed by atoms with Crippen LogP contribution in [0.4, 0.5) is 0 Å². The average molecular weight is 350 g/mol. The second kappa shape index (κ2) is 7.15. The minimum absolute atomic E-state index is 0.203. The number of carboxylic acid groups (broad SMARTS) is 1. The summed E-state index contributed by atoms with van der Waals surface area (Å²) in [5.41, 5.74) is 2.27. The number of imidazole rings is 1. The highest BCUT2D eigenvalue weighted by Crippen LogP contribution is 2.35. The van der Waals surface area contributed by atoms with Crippen molar-refractivity contribution in [2.45, 2.75) is 38.3 Å². The molecule has 3 aromatic rings. The molecule has 0 bridgehead atoms. The number of hydrogen-bond acceptors (Lipinski definition) is 3. The molecule has 1 saturated carbocycles. The SMILES string of the molecule is O=C(O)C1CCC(n2ccnc2-c2ccccc2Cn2cccn2)CC1. The van der Waals surface area contributed by atoms with E-state index in [0.29, 0.717) is 12.6 Å². The van der Waals surface area contributed by atoms with Crippen LogP contribution in [-0.2, 0) is 11.3 Å². The summed E-state index contributed by atoms with van der Waals surface area (Å²) in [6, 6.07) is 10.5. The highest BCUT2D eigenvalue weighted by Gasteiger charge is 2.28. The summed E-state index contributed by atoms with van der Waals surface area (Å²) >= 11 is 0. The first-order valence-electron chi connectivity index (χ1n) is 9.03. The van der Waals surface area contributed by atoms with Crippen molar-refractivity contribution in [3.05, 3.63) is 60.7 Å². The first-order chi connectivity index (χ1) is 12.7. The molecule has 0 spiro atoms. The molecule has 26 heavy (non-hydrogen) atoms. The van der Waals surface area contributed by atoms with Gasteiger partial charge < -0.3 is 9.67 Å². The number of carboxylic acids is 1. The number of hydrogen-bond donors (Lipinski definition) is 1. The largest absolute Gasteiger partial charge is 0.481 e. The van der Waals surface area contributed by atoms with Crippen LogP contribution in [0.2, 0.25) is 0 Å². The standard InChI is InChI=1S/C20H22N4O2/c25-20(26)15-6-8-17(9-7-15)24-13-11-21-19(24)18-5-2-1-4-16(18)14-23-12-3-10-22-23/h1-5,10-13,15,17H,6-9,14H2,(H,25,26). The van der Waals surface area contributed by atoms with Crippen molar-refractivity contribution in [2.75, 3.05) is 0 Å². The van der Waals surface area contributed by atoms with E-state index in [0.717, 1.165) is 37.1 Å². The number of carbonyl (C=O) groups is 1. The molecule has 0 amide bonds. The number of aromatic nitrogens is 4. The van der Waals surface area contributed by atoms with Crippen molar-refractivity contribution in [1.29, 1.82) is 0 Å². The van der Waals surface area contributed by atoms with Gasteiger partial charge in [-0.1, -0.05) is 24.3 Å². The lowest BCUT2D eigenvalue weighted by Crippen LogP contribution is -2.23. The lowest BCUT2D eigenvalue weighted by molar-refractivity contribution is -0.143. The van der Waals surface area contributed by atoms with Gasteiger partial charge in [-0.15, -0.1) is 0 Å². The Labute approximate surface area is 152 Å². The third kappa shape index (κ3) is 3.27. The van der Waals surface area contributed by atoms with Gasteiger partial charge in [0.1, 0.15) is 5.82 Å². The van der Waals surface area contributed by atoms with Crippen molar-refractivity contribution in [2.24, 2.45) is 5.92 Å². The zero-order valence-corrected chi connectivity index (χ0v) is 14.5. The van der Waals surface area contributed by atoms with Crippen molar-refractivity contribution in [3.8, 4) is 11.4 Å². The van der Waals surface area contributed by atoms with Gasteiger partial charge >= 0.3 is 5.97 Å². The zero-order valence-electron chi connectivity index (χ0n) is 14.5. The number of rotatable bonds is 5. The molecule has 0 saturated heterocycles. The molecule has 6 heteroatoms. The summed E-state index contributed by atoms with van der Waals surface area (Å²) in [4.78, 5) is 15.8. The molecule has 134 valence electrons. The quantitative estimate of drug-likeness (QED) is 0.763. The number of aliphatic carboxylic acids is 1. The van der Waals surface area contributed by atoms with E-state index in [2.05, 4.69) is 26.8 Å². The van der Waals surface area contributed by atoms with Gasteiger partial charge in [0.15, 0.2) is 0 Å². The second-order valence-electron chi connectivity index (χ2n) is 6.86. The van der Waals surface area contributed by atoms with E-state index in [1.54, 1.807) is 6.20 Å². The zero-order chi connectivity index (χ0) is 17.9. The van der Waals surface area contributed by atoms with Crippen LogP contribution < -0.4 is 0 Å². The molecule has 2 heterocycles. The molecule has 1 aliphatic rings. The fraction of sp³-hybridized carbons (Fsp3) is 0.350. The van der Waals surface area contributed by atoms with E-state index in [-0.39, 0.29) is 5.92 Å². The van der Waals surface area contributed by atoms with E-state index in [1.165, 1.54) is 5.56 Å².